The van der Waals surface area contributed by atoms with E-state index in [-0.39, 0.29) is 16.6 Å². The zero-order chi connectivity index (χ0) is 15.1. The van der Waals surface area contributed by atoms with Crippen LogP contribution >= 0.6 is 15.9 Å². The van der Waals surface area contributed by atoms with E-state index in [0.717, 1.165) is 10.9 Å². The molecule has 0 bridgehead atoms. The van der Waals surface area contributed by atoms with Gasteiger partial charge in [0.25, 0.3) is 0 Å². The second kappa shape index (κ2) is 5.66. The van der Waals surface area contributed by atoms with E-state index in [0.29, 0.717) is 18.4 Å². The number of hydrogen-bond acceptors (Lipinski definition) is 3. The van der Waals surface area contributed by atoms with Crippen LogP contribution in [0.4, 0.5) is 5.69 Å². The molecule has 0 amide bonds. The van der Waals surface area contributed by atoms with Gasteiger partial charge in [0.05, 0.1) is 5.69 Å². The molecule has 6 heteroatoms. The molecule has 1 aliphatic heterocycles. The smallest absolute Gasteiger partial charge is 0.245 e. The minimum Gasteiger partial charge on any atom is -0.398 e. The Morgan fingerprint density at radius 2 is 1.95 bits per heavy atom. The molecule has 4 nitrogen and oxygen atoms in total. The predicted octanol–water partition coefficient (Wildman–Crippen LogP) is 3.09. The number of anilines is 1. The molecule has 3 atom stereocenters. The number of hydrogen-bond donors (Lipinski definition) is 1. The highest BCUT2D eigenvalue weighted by molar-refractivity contribution is 9.10. The van der Waals surface area contributed by atoms with Crippen molar-refractivity contribution in [3.05, 3.63) is 22.7 Å². The molecule has 1 aromatic carbocycles. The first kappa shape index (κ1) is 15.8. The van der Waals surface area contributed by atoms with Crippen molar-refractivity contribution in [1.29, 1.82) is 0 Å². The van der Waals surface area contributed by atoms with E-state index >= 15 is 0 Å². The standard InChI is InChI=1S/C14H21BrN2O2S/c1-9-6-10(2)11(3)17(8-9)20(18,19)14-5-4-12(15)7-13(14)16/h4-5,7,9-11H,6,8,16H2,1-3H3. The van der Waals surface area contributed by atoms with E-state index in [1.54, 1.807) is 22.5 Å². The van der Waals surface area contributed by atoms with Crippen LogP contribution in [0.5, 0.6) is 0 Å². The van der Waals surface area contributed by atoms with Gasteiger partial charge in [0.2, 0.25) is 10.0 Å². The Bertz CT molecular complexity index is 603. The molecular formula is C14H21BrN2O2S. The number of rotatable bonds is 2. The van der Waals surface area contributed by atoms with Crippen molar-refractivity contribution in [3.8, 4) is 0 Å². The molecule has 2 N–H and O–H groups in total. The zero-order valence-electron chi connectivity index (χ0n) is 12.0. The molecule has 0 saturated carbocycles. The number of piperidine rings is 1. The lowest BCUT2D eigenvalue weighted by Gasteiger charge is -2.40. The van der Waals surface area contributed by atoms with Crippen molar-refractivity contribution in [3.63, 3.8) is 0 Å². The van der Waals surface area contributed by atoms with Crippen LogP contribution < -0.4 is 5.73 Å². The van der Waals surface area contributed by atoms with Crippen molar-refractivity contribution in [1.82, 2.24) is 4.31 Å². The second-order valence-corrected chi connectivity index (χ2v) is 8.59. The van der Waals surface area contributed by atoms with Crippen LogP contribution in [0.1, 0.15) is 27.2 Å². The average molecular weight is 361 g/mol. The zero-order valence-corrected chi connectivity index (χ0v) is 14.4. The van der Waals surface area contributed by atoms with Gasteiger partial charge in [-0.25, -0.2) is 8.42 Å². The molecule has 3 unspecified atom stereocenters. The quantitative estimate of drug-likeness (QED) is 0.824. The van der Waals surface area contributed by atoms with Crippen LogP contribution in [0.25, 0.3) is 0 Å². The van der Waals surface area contributed by atoms with Gasteiger partial charge in [0, 0.05) is 17.1 Å². The summed E-state index contributed by atoms with van der Waals surface area (Å²) in [4.78, 5) is 0.203. The Balaban J connectivity index is 2.43. The highest BCUT2D eigenvalue weighted by Crippen LogP contribution is 2.33. The summed E-state index contributed by atoms with van der Waals surface area (Å²) in [5.41, 5.74) is 6.18. The van der Waals surface area contributed by atoms with Gasteiger partial charge >= 0.3 is 0 Å². The monoisotopic (exact) mass is 360 g/mol. The summed E-state index contributed by atoms with van der Waals surface area (Å²) in [6, 6.07) is 4.92. The number of nitrogens with zero attached hydrogens (tertiary/aromatic N) is 1. The molecular weight excluding hydrogens is 340 g/mol. The summed E-state index contributed by atoms with van der Waals surface area (Å²) in [5.74, 6) is 0.720. The van der Waals surface area contributed by atoms with Crippen molar-refractivity contribution < 1.29 is 8.42 Å². The van der Waals surface area contributed by atoms with Crippen LogP contribution in [-0.4, -0.2) is 25.3 Å². The molecule has 1 fully saturated rings. The minimum absolute atomic E-state index is 0.000697. The lowest BCUT2D eigenvalue weighted by molar-refractivity contribution is 0.157. The SMILES string of the molecule is CC1CC(C)C(C)N(S(=O)(=O)c2ccc(Br)cc2N)C1. The van der Waals surface area contributed by atoms with Gasteiger partial charge < -0.3 is 5.73 Å². The van der Waals surface area contributed by atoms with E-state index in [4.69, 9.17) is 5.73 Å². The third-order valence-electron chi connectivity index (χ3n) is 4.10. The first-order valence-corrected chi connectivity index (χ1v) is 9.03. The third-order valence-corrected chi connectivity index (χ3v) is 6.62. The number of nitrogens with two attached hydrogens (primary N) is 1. The van der Waals surface area contributed by atoms with E-state index in [2.05, 4.69) is 29.8 Å². The van der Waals surface area contributed by atoms with Crippen LogP contribution in [0.2, 0.25) is 0 Å². The summed E-state index contributed by atoms with van der Waals surface area (Å²) >= 11 is 3.30. The van der Waals surface area contributed by atoms with Gasteiger partial charge in [0.1, 0.15) is 4.90 Å². The number of benzene rings is 1. The number of sulfonamides is 1. The Kier molecular flexibility index (Phi) is 4.47. The fourth-order valence-electron chi connectivity index (χ4n) is 2.86. The Morgan fingerprint density at radius 3 is 2.55 bits per heavy atom. The maximum atomic E-state index is 12.9. The van der Waals surface area contributed by atoms with E-state index < -0.39 is 10.0 Å². The first-order valence-electron chi connectivity index (χ1n) is 6.80. The molecule has 112 valence electrons. The van der Waals surface area contributed by atoms with E-state index in [1.807, 2.05) is 6.92 Å². The summed E-state index contributed by atoms with van der Waals surface area (Å²) < 4.78 is 28.1. The fraction of sp³-hybridized carbons (Fsp3) is 0.571. The topological polar surface area (TPSA) is 63.4 Å². The molecule has 1 aliphatic rings. The molecule has 0 radical (unpaired) electrons. The first-order chi connectivity index (χ1) is 9.23. The molecule has 0 aliphatic carbocycles. The van der Waals surface area contributed by atoms with Crippen molar-refractivity contribution in [2.45, 2.75) is 38.1 Å². The predicted molar refractivity (Wildman–Crippen MR) is 84.9 cm³/mol. The van der Waals surface area contributed by atoms with Gasteiger partial charge in [0.15, 0.2) is 0 Å². The Morgan fingerprint density at radius 1 is 1.30 bits per heavy atom. The van der Waals surface area contributed by atoms with Crippen LogP contribution in [0.3, 0.4) is 0 Å². The van der Waals surface area contributed by atoms with Gasteiger partial charge in [-0.1, -0.05) is 29.8 Å². The number of nitrogen functional groups attached to an aromatic ring is 1. The van der Waals surface area contributed by atoms with Crippen molar-refractivity contribution >= 4 is 31.6 Å². The molecule has 1 heterocycles. The lowest BCUT2D eigenvalue weighted by atomic mass is 9.88. The Hall–Kier alpha value is -0.590. The molecule has 1 saturated heterocycles. The largest absolute Gasteiger partial charge is 0.398 e. The van der Waals surface area contributed by atoms with E-state index in [9.17, 15) is 8.42 Å². The molecule has 20 heavy (non-hydrogen) atoms. The van der Waals surface area contributed by atoms with Gasteiger partial charge in [-0.15, -0.1) is 0 Å². The average Bonchev–Trinajstić information content (AvgIpc) is 2.33. The maximum Gasteiger partial charge on any atom is 0.245 e. The normalized spacial score (nSPS) is 28.5. The maximum absolute atomic E-state index is 12.9. The third kappa shape index (κ3) is 2.87. The van der Waals surface area contributed by atoms with Crippen LogP contribution in [-0.2, 0) is 10.0 Å². The van der Waals surface area contributed by atoms with Crippen LogP contribution in [0.15, 0.2) is 27.6 Å². The van der Waals surface area contributed by atoms with Crippen LogP contribution in [0, 0.1) is 11.8 Å². The summed E-state index contributed by atoms with van der Waals surface area (Å²) in [7, 11) is -3.54. The summed E-state index contributed by atoms with van der Waals surface area (Å²) in [6.45, 7) is 6.73. The van der Waals surface area contributed by atoms with Crippen molar-refractivity contribution in [2.75, 3.05) is 12.3 Å². The summed E-state index contributed by atoms with van der Waals surface area (Å²) in [5, 5.41) is 0. The molecule has 1 aromatic rings. The highest BCUT2D eigenvalue weighted by atomic mass is 79.9. The van der Waals surface area contributed by atoms with Gasteiger partial charge in [-0.3, -0.25) is 0 Å². The second-order valence-electron chi connectivity index (χ2n) is 5.82. The van der Waals surface area contributed by atoms with Gasteiger partial charge in [-0.2, -0.15) is 4.31 Å². The molecule has 0 spiro atoms. The van der Waals surface area contributed by atoms with Gasteiger partial charge in [-0.05, 0) is 43.4 Å². The Labute approximate surface area is 129 Å². The van der Waals surface area contributed by atoms with E-state index in [1.165, 1.54) is 0 Å². The lowest BCUT2D eigenvalue weighted by Crippen LogP contribution is -2.48. The summed E-state index contributed by atoms with van der Waals surface area (Å²) in [6.07, 6.45) is 1.06. The minimum atomic E-state index is -3.54. The molecule has 2 rings (SSSR count). The van der Waals surface area contributed by atoms with Crippen molar-refractivity contribution in [2.24, 2.45) is 11.8 Å². The highest BCUT2D eigenvalue weighted by Gasteiger charge is 2.37. The molecule has 0 aromatic heterocycles. The fourth-order valence-corrected chi connectivity index (χ4v) is 5.19. The number of halogens is 1.